The Bertz CT molecular complexity index is 1070. The highest BCUT2D eigenvalue weighted by molar-refractivity contribution is 5.98. The molecule has 6 nitrogen and oxygen atoms in total. The van der Waals surface area contributed by atoms with Crippen molar-refractivity contribution in [2.75, 3.05) is 11.9 Å². The number of nitrogens with zero attached hydrogens (tertiary/aromatic N) is 1. The molecule has 1 saturated heterocycles. The zero-order valence-electron chi connectivity index (χ0n) is 21.6. The van der Waals surface area contributed by atoms with E-state index >= 15 is 0 Å². The number of rotatable bonds is 10. The fraction of sp³-hybridized carbons (Fsp3) is 0.500. The van der Waals surface area contributed by atoms with E-state index < -0.39 is 6.04 Å². The van der Waals surface area contributed by atoms with E-state index in [9.17, 15) is 14.4 Å². The van der Waals surface area contributed by atoms with Crippen LogP contribution in [0.15, 0.2) is 48.5 Å². The third-order valence-electron chi connectivity index (χ3n) is 7.51. The van der Waals surface area contributed by atoms with E-state index in [-0.39, 0.29) is 29.7 Å². The molecule has 0 saturated carbocycles. The molecule has 4 rings (SSSR count). The van der Waals surface area contributed by atoms with Crippen LogP contribution in [0.4, 0.5) is 5.69 Å². The third kappa shape index (κ3) is 6.54. The molecule has 192 valence electrons. The molecule has 2 N–H and O–H groups in total. The molecule has 0 bridgehead atoms. The van der Waals surface area contributed by atoms with E-state index in [0.717, 1.165) is 49.8 Å². The van der Waals surface area contributed by atoms with Crippen LogP contribution in [0.25, 0.3) is 0 Å². The predicted molar refractivity (Wildman–Crippen MR) is 143 cm³/mol. The van der Waals surface area contributed by atoms with Gasteiger partial charge in [-0.15, -0.1) is 0 Å². The van der Waals surface area contributed by atoms with Crippen LogP contribution in [-0.4, -0.2) is 41.2 Å². The van der Waals surface area contributed by atoms with Gasteiger partial charge in [-0.1, -0.05) is 63.1 Å². The van der Waals surface area contributed by atoms with Gasteiger partial charge in [-0.25, -0.2) is 0 Å². The minimum absolute atomic E-state index is 0.00131. The number of hydrogen-bond acceptors (Lipinski definition) is 3. The second-order valence-corrected chi connectivity index (χ2v) is 10.4. The minimum Gasteiger partial charge on any atom is -0.351 e. The van der Waals surface area contributed by atoms with Gasteiger partial charge >= 0.3 is 0 Å². The normalized spacial score (nSPS) is 19.6. The molecule has 36 heavy (non-hydrogen) atoms. The summed E-state index contributed by atoms with van der Waals surface area (Å²) >= 11 is 0. The summed E-state index contributed by atoms with van der Waals surface area (Å²) in [5.74, 6) is -0.369. The first-order valence-electron chi connectivity index (χ1n) is 13.5. The Balaban J connectivity index is 1.41. The van der Waals surface area contributed by atoms with Crippen molar-refractivity contribution >= 4 is 23.4 Å². The molecular weight excluding hydrogens is 450 g/mol. The molecule has 3 amide bonds. The lowest BCUT2D eigenvalue weighted by atomic mass is 10.0. The predicted octanol–water partition coefficient (Wildman–Crippen LogP) is 4.66. The quantitative estimate of drug-likeness (QED) is 0.510. The molecule has 3 unspecified atom stereocenters. The van der Waals surface area contributed by atoms with E-state index in [0.29, 0.717) is 25.8 Å². The highest BCUT2D eigenvalue weighted by Gasteiger charge is 2.41. The first-order valence-corrected chi connectivity index (χ1v) is 13.5. The summed E-state index contributed by atoms with van der Waals surface area (Å²) in [6.45, 7) is 4.43. The molecule has 1 fully saturated rings. The average Bonchev–Trinajstić information content (AvgIpc) is 3.53. The molecule has 1 aliphatic carbocycles. The summed E-state index contributed by atoms with van der Waals surface area (Å²) in [4.78, 5) is 41.1. The molecule has 1 aliphatic heterocycles. The van der Waals surface area contributed by atoms with Crippen LogP contribution in [-0.2, 0) is 33.6 Å². The second-order valence-electron chi connectivity index (χ2n) is 10.4. The Morgan fingerprint density at radius 3 is 2.61 bits per heavy atom. The first kappa shape index (κ1) is 25.9. The van der Waals surface area contributed by atoms with E-state index in [1.807, 2.05) is 43.3 Å². The van der Waals surface area contributed by atoms with E-state index in [4.69, 9.17) is 0 Å². The average molecular weight is 490 g/mol. The summed E-state index contributed by atoms with van der Waals surface area (Å²) in [6.07, 6.45) is 7.57. The van der Waals surface area contributed by atoms with Crippen molar-refractivity contribution in [2.45, 2.75) is 83.7 Å². The monoisotopic (exact) mass is 489 g/mol. The lowest BCUT2D eigenvalue weighted by Crippen LogP contribution is -2.45. The number of hydrogen-bond donors (Lipinski definition) is 2. The molecule has 3 atom stereocenters. The van der Waals surface area contributed by atoms with Gasteiger partial charge in [-0.2, -0.15) is 0 Å². The minimum atomic E-state index is -0.589. The van der Waals surface area contributed by atoms with E-state index in [2.05, 4.69) is 29.7 Å². The maximum absolute atomic E-state index is 13.4. The molecule has 6 heteroatoms. The number of fused-ring (bicyclic) bond motifs is 1. The highest BCUT2D eigenvalue weighted by atomic mass is 16.2. The molecule has 0 radical (unpaired) electrons. The zero-order valence-corrected chi connectivity index (χ0v) is 21.6. The summed E-state index contributed by atoms with van der Waals surface area (Å²) < 4.78 is 0. The third-order valence-corrected chi connectivity index (χ3v) is 7.51. The lowest BCUT2D eigenvalue weighted by molar-refractivity contribution is -0.140. The van der Waals surface area contributed by atoms with Crippen molar-refractivity contribution in [1.82, 2.24) is 10.2 Å². The van der Waals surface area contributed by atoms with E-state index in [1.54, 1.807) is 4.90 Å². The number of aryl methyl sites for hydroxylation is 3. The van der Waals surface area contributed by atoms with Gasteiger partial charge in [0, 0.05) is 30.6 Å². The van der Waals surface area contributed by atoms with Crippen LogP contribution in [0.1, 0.15) is 69.1 Å². The van der Waals surface area contributed by atoms with Gasteiger partial charge < -0.3 is 15.5 Å². The molecule has 0 spiro atoms. The van der Waals surface area contributed by atoms with Crippen molar-refractivity contribution in [3.8, 4) is 0 Å². The fourth-order valence-electron chi connectivity index (χ4n) is 5.43. The Hall–Kier alpha value is -3.15. The van der Waals surface area contributed by atoms with Crippen LogP contribution in [0.3, 0.4) is 0 Å². The van der Waals surface area contributed by atoms with Crippen LogP contribution < -0.4 is 10.6 Å². The van der Waals surface area contributed by atoms with Crippen LogP contribution >= 0.6 is 0 Å². The Kier molecular flexibility index (Phi) is 8.79. The largest absolute Gasteiger partial charge is 0.351 e. The standard InChI is InChI=1S/C30H39N3O3/c1-3-4-9-21(2)30(36)33-20-26(31-28(34)17-14-22-10-6-5-7-11-22)19-27(33)29(35)32-25-16-15-23-12-8-13-24(23)18-25/h5-7,10-11,15-16,18,21,26-27H,3-4,8-9,12-14,17,19-20H2,1-2H3,(H,31,34)(H,32,35). The summed E-state index contributed by atoms with van der Waals surface area (Å²) in [5, 5.41) is 6.14. The molecule has 0 aromatic heterocycles. The van der Waals surface area contributed by atoms with Crippen molar-refractivity contribution < 1.29 is 14.4 Å². The number of carbonyl (C=O) groups is 3. The van der Waals surface area contributed by atoms with E-state index in [1.165, 1.54) is 11.1 Å². The molecule has 2 aromatic rings. The van der Waals surface area contributed by atoms with Crippen molar-refractivity contribution in [2.24, 2.45) is 5.92 Å². The zero-order chi connectivity index (χ0) is 25.5. The smallest absolute Gasteiger partial charge is 0.247 e. The summed E-state index contributed by atoms with van der Waals surface area (Å²) in [6, 6.07) is 15.2. The first-order chi connectivity index (χ1) is 17.4. The lowest BCUT2D eigenvalue weighted by Gasteiger charge is -2.27. The van der Waals surface area contributed by atoms with Crippen molar-refractivity contribution in [1.29, 1.82) is 0 Å². The van der Waals surface area contributed by atoms with Gasteiger partial charge in [0.25, 0.3) is 0 Å². The Morgan fingerprint density at radius 1 is 1.06 bits per heavy atom. The highest BCUT2D eigenvalue weighted by Crippen LogP contribution is 2.27. The number of nitrogens with one attached hydrogen (secondary N) is 2. The van der Waals surface area contributed by atoms with Gasteiger partial charge in [-0.05, 0) is 67.3 Å². The van der Waals surface area contributed by atoms with Gasteiger partial charge in [-0.3, -0.25) is 14.4 Å². The SMILES string of the molecule is CCCCC(C)C(=O)N1CC(NC(=O)CCc2ccccc2)CC1C(=O)Nc1ccc2c(c1)CCC2. The van der Waals surface area contributed by atoms with Gasteiger partial charge in [0.1, 0.15) is 6.04 Å². The van der Waals surface area contributed by atoms with Crippen molar-refractivity contribution in [3.63, 3.8) is 0 Å². The van der Waals surface area contributed by atoms with Gasteiger partial charge in [0.05, 0.1) is 0 Å². The number of likely N-dealkylation sites (tertiary alicyclic amines) is 1. The molecule has 2 aliphatic rings. The van der Waals surface area contributed by atoms with Gasteiger partial charge in [0.2, 0.25) is 17.7 Å². The molecular formula is C30H39N3O3. The van der Waals surface area contributed by atoms with Crippen LogP contribution in [0.5, 0.6) is 0 Å². The van der Waals surface area contributed by atoms with Crippen molar-refractivity contribution in [3.05, 3.63) is 65.2 Å². The second kappa shape index (κ2) is 12.2. The number of amides is 3. The maximum atomic E-state index is 13.4. The fourth-order valence-corrected chi connectivity index (χ4v) is 5.43. The van der Waals surface area contributed by atoms with Crippen LogP contribution in [0.2, 0.25) is 0 Å². The van der Waals surface area contributed by atoms with Gasteiger partial charge in [0.15, 0.2) is 0 Å². The Labute approximate surface area is 214 Å². The maximum Gasteiger partial charge on any atom is 0.247 e. The number of unbranched alkanes of at least 4 members (excludes halogenated alkanes) is 1. The summed E-state index contributed by atoms with van der Waals surface area (Å²) in [7, 11) is 0. The van der Waals surface area contributed by atoms with Crippen LogP contribution in [0, 0.1) is 5.92 Å². The topological polar surface area (TPSA) is 78.5 Å². The summed E-state index contributed by atoms with van der Waals surface area (Å²) in [5.41, 5.74) is 4.55. The number of carbonyl (C=O) groups excluding carboxylic acids is 3. The number of anilines is 1. The Morgan fingerprint density at radius 2 is 1.83 bits per heavy atom. The number of benzene rings is 2. The molecule has 1 heterocycles. The molecule has 2 aromatic carbocycles.